The maximum atomic E-state index is 11.9. The molecule has 0 radical (unpaired) electrons. The van der Waals surface area contributed by atoms with E-state index in [0.29, 0.717) is 0 Å². The Bertz CT molecular complexity index is 2150. The largest absolute Gasteiger partial charge is 0.480 e. The van der Waals surface area contributed by atoms with Gasteiger partial charge >= 0.3 is 23.9 Å². The van der Waals surface area contributed by atoms with Crippen LogP contribution in [-0.2, 0) is 77.7 Å². The summed E-state index contributed by atoms with van der Waals surface area (Å²) in [4.78, 5) is 92.6. The predicted octanol–water partition coefficient (Wildman–Crippen LogP) is -3.18. The second-order valence-corrected chi connectivity index (χ2v) is 28.1. The van der Waals surface area contributed by atoms with E-state index in [1.54, 1.807) is 0 Å². The van der Waals surface area contributed by atoms with E-state index in [2.05, 4.69) is 0 Å². The summed E-state index contributed by atoms with van der Waals surface area (Å²) >= 11 is 0. The minimum atomic E-state index is -3.57. The van der Waals surface area contributed by atoms with Crippen LogP contribution in [0.1, 0.15) is 81.1 Å². The molecule has 0 unspecified atom stereocenters. The fourth-order valence-corrected chi connectivity index (χ4v) is 17.4. The van der Waals surface area contributed by atoms with Crippen molar-refractivity contribution in [2.75, 3.05) is 0 Å². The van der Waals surface area contributed by atoms with Crippen LogP contribution in [-0.4, -0.2) is 186 Å². The van der Waals surface area contributed by atoms with E-state index in [1.165, 1.54) is 55.4 Å². The lowest BCUT2D eigenvalue weighted by Crippen LogP contribution is -2.57. The number of amides is 4. The fourth-order valence-electron chi connectivity index (χ4n) is 8.91. The lowest BCUT2D eigenvalue weighted by atomic mass is 9.98. The number of carboxylic acid groups (broad SMARTS) is 4. The number of carbonyl (C=O) groups is 8. The van der Waals surface area contributed by atoms with Gasteiger partial charge in [-0.25, -0.2) is 52.8 Å². The molecule has 0 aromatic carbocycles. The zero-order chi connectivity index (χ0) is 46.4. The van der Waals surface area contributed by atoms with Gasteiger partial charge in [0.2, 0.25) is 23.6 Å². The number of rotatable bonds is 4. The zero-order valence-corrected chi connectivity index (χ0v) is 36.5. The van der Waals surface area contributed by atoms with Crippen LogP contribution in [0.25, 0.3) is 0 Å². The van der Waals surface area contributed by atoms with Crippen molar-refractivity contribution in [3.05, 3.63) is 0 Å². The van der Waals surface area contributed by atoms with Crippen molar-refractivity contribution in [2.24, 2.45) is 0 Å². The first-order valence-corrected chi connectivity index (χ1v) is 24.1. The highest BCUT2D eigenvalue weighted by Crippen LogP contribution is 2.48. The molecular weight excluding hydrogens is 889 g/mol. The van der Waals surface area contributed by atoms with E-state index >= 15 is 0 Å². The molecule has 8 heterocycles. The van der Waals surface area contributed by atoms with Crippen molar-refractivity contribution in [1.29, 1.82) is 0 Å². The van der Waals surface area contributed by atoms with Crippen molar-refractivity contribution in [3.8, 4) is 0 Å². The third kappa shape index (κ3) is 5.81. The van der Waals surface area contributed by atoms with Crippen molar-refractivity contribution < 1.29 is 92.5 Å². The van der Waals surface area contributed by atoms with Crippen LogP contribution >= 0.6 is 0 Å². The third-order valence-corrected chi connectivity index (χ3v) is 24.0. The summed E-state index contributed by atoms with van der Waals surface area (Å²) in [7, 11) is -14.3. The van der Waals surface area contributed by atoms with Gasteiger partial charge in [0.05, 0.1) is 44.7 Å². The molecule has 4 amide bonds. The predicted molar refractivity (Wildman–Crippen MR) is 199 cm³/mol. The number of β-lactam (4-membered cyclic amide) rings is 4. The van der Waals surface area contributed by atoms with Crippen LogP contribution in [0.4, 0.5) is 0 Å². The Kier molecular flexibility index (Phi) is 10.5. The summed E-state index contributed by atoms with van der Waals surface area (Å²) in [6, 6.07) is -5.02. The quantitative estimate of drug-likeness (QED) is 0.202. The number of hydrogen-bond acceptors (Lipinski definition) is 16. The third-order valence-electron chi connectivity index (χ3n) is 12.8. The monoisotopic (exact) mass is 932 g/mol. The van der Waals surface area contributed by atoms with Gasteiger partial charge in [0, 0.05) is 0 Å². The highest BCUT2D eigenvalue weighted by Gasteiger charge is 2.71. The molecule has 28 heteroatoms. The molecule has 60 heavy (non-hydrogen) atoms. The summed E-state index contributed by atoms with van der Waals surface area (Å²) in [6.07, 6.45) is -0.351. The van der Waals surface area contributed by atoms with Crippen molar-refractivity contribution in [1.82, 2.24) is 19.6 Å². The maximum Gasteiger partial charge on any atom is 0.328 e. The van der Waals surface area contributed by atoms with Gasteiger partial charge < -0.3 is 40.0 Å². The molecule has 24 nitrogen and oxygen atoms in total. The zero-order valence-electron chi connectivity index (χ0n) is 33.2. The maximum absolute atomic E-state index is 11.9. The Labute approximate surface area is 343 Å². The van der Waals surface area contributed by atoms with Crippen LogP contribution in [0, 0.1) is 0 Å². The molecule has 4 N–H and O–H groups in total. The second kappa shape index (κ2) is 13.5. The normalized spacial score (nSPS) is 35.9. The van der Waals surface area contributed by atoms with Crippen LogP contribution < -0.4 is 0 Å². The topological polar surface area (TPSA) is 367 Å². The first-order valence-electron chi connectivity index (χ1n) is 17.9. The average Bonchev–Trinajstić information content (AvgIpc) is 3.43. The summed E-state index contributed by atoms with van der Waals surface area (Å²) in [6.45, 7) is 10.8. The van der Waals surface area contributed by atoms with E-state index in [1.807, 2.05) is 0 Å². The second-order valence-electron chi connectivity index (χ2n) is 17.4. The Morgan fingerprint density at radius 1 is 0.383 bits per heavy atom. The number of nitrogens with zero attached hydrogens (tertiary/aromatic N) is 4. The lowest BCUT2D eigenvalue weighted by Gasteiger charge is -2.35. The summed E-state index contributed by atoms with van der Waals surface area (Å²) in [5.41, 5.74) is 0. The first kappa shape index (κ1) is 46.6. The standard InChI is InChI=1S/4C8H11NO5S/c4*1-8(2)6(7(11)12)9-4(10)3-5(9)15(8,13)14/h4*5-6H,3H2,1-2H3,(H,11,12)/t4*5-,6+/m1111/s1. The van der Waals surface area contributed by atoms with Crippen LogP contribution in [0.15, 0.2) is 0 Å². The van der Waals surface area contributed by atoms with Crippen molar-refractivity contribution in [3.63, 3.8) is 0 Å². The van der Waals surface area contributed by atoms with E-state index in [4.69, 9.17) is 20.4 Å². The number of aliphatic carboxylic acids is 4. The van der Waals surface area contributed by atoms with Crippen LogP contribution in [0.5, 0.6) is 0 Å². The van der Waals surface area contributed by atoms with Gasteiger partial charge in [-0.3, -0.25) is 19.2 Å². The Morgan fingerprint density at radius 2 is 0.517 bits per heavy atom. The Balaban J connectivity index is 0.000000152. The molecule has 0 spiro atoms. The number of hydrogen-bond donors (Lipinski definition) is 4. The summed E-state index contributed by atoms with van der Waals surface area (Å²) < 4.78 is 89.4. The van der Waals surface area contributed by atoms with Gasteiger partial charge in [-0.15, -0.1) is 0 Å². The van der Waals surface area contributed by atoms with Crippen LogP contribution in [0.3, 0.4) is 0 Å². The minimum absolute atomic E-state index is 0.0878. The van der Waals surface area contributed by atoms with Crippen LogP contribution in [0.2, 0.25) is 0 Å². The van der Waals surface area contributed by atoms with Gasteiger partial charge in [0.25, 0.3) is 0 Å². The van der Waals surface area contributed by atoms with E-state index in [9.17, 15) is 72.0 Å². The molecule has 336 valence electrons. The Hall–Kier alpha value is -4.44. The Morgan fingerprint density at radius 3 is 0.600 bits per heavy atom. The van der Waals surface area contributed by atoms with Crippen molar-refractivity contribution in [2.45, 2.75) is 146 Å². The highest BCUT2D eigenvalue weighted by molar-refractivity contribution is 7.94. The molecule has 8 saturated heterocycles. The molecule has 8 rings (SSSR count). The molecule has 8 fully saturated rings. The lowest BCUT2D eigenvalue weighted by molar-refractivity contribution is -0.157. The number of sulfone groups is 4. The van der Waals surface area contributed by atoms with Gasteiger partial charge in [0.15, 0.2) is 39.3 Å². The smallest absolute Gasteiger partial charge is 0.328 e. The first-order chi connectivity index (χ1) is 26.8. The van der Waals surface area contributed by atoms with Gasteiger partial charge in [-0.2, -0.15) is 0 Å². The molecule has 8 aliphatic rings. The van der Waals surface area contributed by atoms with E-state index in [-0.39, 0.29) is 25.7 Å². The number of fused-ring (bicyclic) bond motifs is 4. The number of carboxylic acids is 4. The SMILES string of the molecule is CC1(C)[C@H](C(=O)O)N2C(=O)C[C@H]2S1(=O)=O.CC1(C)[C@H](C(=O)O)N2C(=O)C[C@H]2S1(=O)=O.CC1(C)[C@H](C(=O)O)N2C(=O)C[C@H]2S1(=O)=O.CC1(C)[C@H](C(=O)O)N2C(=O)C[C@H]2S1(=O)=O. The van der Waals surface area contributed by atoms with E-state index in [0.717, 1.165) is 19.6 Å². The van der Waals surface area contributed by atoms with E-state index < -0.39 is 152 Å². The molecule has 0 aromatic rings. The molecule has 8 atom stereocenters. The van der Waals surface area contributed by atoms with Gasteiger partial charge in [-0.05, 0) is 55.4 Å². The summed E-state index contributed by atoms with van der Waals surface area (Å²) in [5.74, 6) is -6.66. The average molecular weight is 933 g/mol. The van der Waals surface area contributed by atoms with Crippen molar-refractivity contribution >= 4 is 86.9 Å². The molecule has 0 aliphatic carbocycles. The fraction of sp³-hybridized carbons (Fsp3) is 0.750. The molecule has 8 aliphatic heterocycles. The minimum Gasteiger partial charge on any atom is -0.480 e. The molecule has 0 aromatic heterocycles. The molecule has 0 bridgehead atoms. The number of carbonyl (C=O) groups excluding carboxylic acids is 4. The van der Waals surface area contributed by atoms with Gasteiger partial charge in [-0.1, -0.05) is 0 Å². The van der Waals surface area contributed by atoms with Gasteiger partial charge in [0.1, 0.15) is 45.7 Å². The highest BCUT2D eigenvalue weighted by atomic mass is 32.2. The summed E-state index contributed by atoms with van der Waals surface area (Å²) in [5, 5.41) is 32.1. The molecular formula is C32H44N4O20S4. The molecule has 0 saturated carbocycles.